The van der Waals surface area contributed by atoms with E-state index in [1.165, 1.54) is 49.7 Å². The quantitative estimate of drug-likeness (QED) is 0.185. The lowest BCUT2D eigenvalue weighted by Gasteiger charge is -2.30. The second-order valence-electron chi connectivity index (χ2n) is 12.5. The number of hydrogen-bond donors (Lipinski definition) is 0. The van der Waals surface area contributed by atoms with E-state index in [4.69, 9.17) is 4.74 Å². The van der Waals surface area contributed by atoms with Crippen molar-refractivity contribution in [2.24, 2.45) is 0 Å². The molecule has 228 valence electrons. The van der Waals surface area contributed by atoms with Crippen molar-refractivity contribution in [3.05, 3.63) is 199 Å². The lowest BCUT2D eigenvalue weighted by Crippen LogP contribution is -2.23. The highest BCUT2D eigenvalue weighted by molar-refractivity contribution is 6.01. The highest BCUT2D eigenvalue weighted by Gasteiger charge is 2.36. The lowest BCUT2D eigenvalue weighted by molar-refractivity contribution is 0.268. The average molecular weight is 616 g/mol. The van der Waals surface area contributed by atoms with Crippen molar-refractivity contribution in [1.29, 1.82) is 0 Å². The second kappa shape index (κ2) is 11.9. The molecule has 7 aromatic rings. The summed E-state index contributed by atoms with van der Waals surface area (Å²) in [5, 5.41) is 2.50. The van der Waals surface area contributed by atoms with Gasteiger partial charge in [0.2, 0.25) is 0 Å². The molecule has 1 heterocycles. The molecule has 0 N–H and O–H groups in total. The summed E-state index contributed by atoms with van der Waals surface area (Å²) < 4.78 is 6.71. The van der Waals surface area contributed by atoms with Crippen LogP contribution >= 0.6 is 0 Å². The molecule has 0 saturated heterocycles. The zero-order valence-corrected chi connectivity index (χ0v) is 26.4. The first-order valence-electron chi connectivity index (χ1n) is 16.6. The summed E-state index contributed by atoms with van der Waals surface area (Å²) in [4.78, 5) is 2.38. The molecule has 0 aromatic heterocycles. The summed E-state index contributed by atoms with van der Waals surface area (Å²) in [5.41, 5.74) is 11.8. The topological polar surface area (TPSA) is 12.5 Å². The van der Waals surface area contributed by atoms with E-state index in [2.05, 4.69) is 193 Å². The van der Waals surface area contributed by atoms with E-state index in [-0.39, 0.29) is 12.0 Å². The number of nitrogens with zero attached hydrogens (tertiary/aromatic N) is 1. The molecular formula is C46H33NO. The van der Waals surface area contributed by atoms with Gasteiger partial charge in [-0.05, 0) is 92.7 Å². The first kappa shape index (κ1) is 28.1. The summed E-state index contributed by atoms with van der Waals surface area (Å²) in [6.45, 7) is 0. The maximum atomic E-state index is 6.71. The molecule has 7 aromatic carbocycles. The van der Waals surface area contributed by atoms with E-state index in [1.807, 2.05) is 0 Å². The van der Waals surface area contributed by atoms with Crippen molar-refractivity contribution in [2.75, 3.05) is 4.90 Å². The Labute approximate surface area is 281 Å². The van der Waals surface area contributed by atoms with Gasteiger partial charge < -0.3 is 9.64 Å². The summed E-state index contributed by atoms with van der Waals surface area (Å²) in [6.07, 6.45) is 6.82. The van der Waals surface area contributed by atoms with Gasteiger partial charge in [0.1, 0.15) is 11.9 Å². The molecule has 1 aliphatic heterocycles. The predicted molar refractivity (Wildman–Crippen MR) is 200 cm³/mol. The van der Waals surface area contributed by atoms with Gasteiger partial charge in [-0.3, -0.25) is 0 Å². The van der Waals surface area contributed by atoms with Crippen LogP contribution in [0.1, 0.15) is 11.5 Å². The van der Waals surface area contributed by atoms with E-state index in [0.717, 1.165) is 22.8 Å². The fourth-order valence-electron chi connectivity index (χ4n) is 7.31. The minimum Gasteiger partial charge on any atom is -0.485 e. The molecule has 48 heavy (non-hydrogen) atoms. The number of ether oxygens (including phenoxy) is 1. The number of anilines is 2. The van der Waals surface area contributed by atoms with E-state index < -0.39 is 0 Å². The van der Waals surface area contributed by atoms with Crippen molar-refractivity contribution in [1.82, 2.24) is 0 Å². The molecular weight excluding hydrogens is 583 g/mol. The van der Waals surface area contributed by atoms with Gasteiger partial charge >= 0.3 is 0 Å². The highest BCUT2D eigenvalue weighted by atomic mass is 16.5. The summed E-state index contributed by atoms with van der Waals surface area (Å²) in [5.74, 6) is 1.05. The van der Waals surface area contributed by atoms with Crippen molar-refractivity contribution in [2.45, 2.75) is 12.0 Å². The van der Waals surface area contributed by atoms with Crippen LogP contribution in [0.25, 0.3) is 44.2 Å². The molecule has 0 radical (unpaired) electrons. The van der Waals surface area contributed by atoms with Gasteiger partial charge in [-0.1, -0.05) is 140 Å². The molecule has 2 aliphatic rings. The van der Waals surface area contributed by atoms with Crippen LogP contribution in [0.4, 0.5) is 11.4 Å². The van der Waals surface area contributed by atoms with Crippen LogP contribution in [0, 0.1) is 0 Å². The lowest BCUT2D eigenvalue weighted by atomic mass is 9.85. The SMILES string of the molecule is C1=CC2Oc3cc(-c4ccccc4)c4ccccc4c3C2C=C1N(c1ccc(-c2ccccc2)cc1)c1cccc(-c2ccccc2)c1. The summed E-state index contributed by atoms with van der Waals surface area (Å²) >= 11 is 0. The van der Waals surface area contributed by atoms with Crippen molar-refractivity contribution < 1.29 is 4.74 Å². The summed E-state index contributed by atoms with van der Waals surface area (Å²) in [7, 11) is 0. The van der Waals surface area contributed by atoms with Crippen LogP contribution in [-0.2, 0) is 0 Å². The van der Waals surface area contributed by atoms with E-state index in [0.29, 0.717) is 0 Å². The maximum absolute atomic E-state index is 6.71. The zero-order chi connectivity index (χ0) is 31.9. The molecule has 9 rings (SSSR count). The van der Waals surface area contributed by atoms with Crippen molar-refractivity contribution >= 4 is 22.1 Å². The minimum atomic E-state index is -0.0591. The zero-order valence-electron chi connectivity index (χ0n) is 26.4. The van der Waals surface area contributed by atoms with Gasteiger partial charge in [0.05, 0.1) is 0 Å². The Morgan fingerprint density at radius 1 is 0.458 bits per heavy atom. The fraction of sp³-hybridized carbons (Fsp3) is 0.0435. The third kappa shape index (κ3) is 4.99. The van der Waals surface area contributed by atoms with Gasteiger partial charge in [0.15, 0.2) is 0 Å². The average Bonchev–Trinajstić information content (AvgIpc) is 3.54. The van der Waals surface area contributed by atoms with Crippen molar-refractivity contribution in [3.63, 3.8) is 0 Å². The van der Waals surface area contributed by atoms with Crippen molar-refractivity contribution in [3.8, 4) is 39.1 Å². The molecule has 1 aliphatic carbocycles. The maximum Gasteiger partial charge on any atom is 0.128 e. The van der Waals surface area contributed by atoms with Crippen LogP contribution in [0.2, 0.25) is 0 Å². The standard InChI is InChI=1S/C46H33NO/c1-4-13-32(14-5-1)34-23-25-37(26-24-34)47(38-20-12-19-36(29-38)33-15-6-2-7-16-33)39-27-28-44-43(30-39)46-41-22-11-10-21-40(41)42(31-45(46)48-44)35-17-8-3-9-18-35/h1-31,43-44H. The van der Waals surface area contributed by atoms with E-state index >= 15 is 0 Å². The number of rotatable bonds is 6. The Balaban J connectivity index is 1.18. The fourth-order valence-corrected chi connectivity index (χ4v) is 7.31. The normalized spacial score (nSPS) is 16.1. The van der Waals surface area contributed by atoms with Crippen LogP contribution in [0.3, 0.4) is 0 Å². The largest absolute Gasteiger partial charge is 0.485 e. The predicted octanol–water partition coefficient (Wildman–Crippen LogP) is 12.0. The molecule has 0 bridgehead atoms. The van der Waals surface area contributed by atoms with Crippen LogP contribution < -0.4 is 9.64 Å². The van der Waals surface area contributed by atoms with Gasteiger partial charge in [-0.15, -0.1) is 0 Å². The highest BCUT2D eigenvalue weighted by Crippen LogP contribution is 2.49. The van der Waals surface area contributed by atoms with Crippen LogP contribution in [-0.4, -0.2) is 6.10 Å². The van der Waals surface area contributed by atoms with Gasteiger partial charge in [0.25, 0.3) is 0 Å². The Kier molecular flexibility index (Phi) is 6.98. The third-order valence-corrected chi connectivity index (χ3v) is 9.59. The number of fused-ring (bicyclic) bond motifs is 5. The Bertz CT molecular complexity index is 2310. The van der Waals surface area contributed by atoms with Crippen LogP contribution in [0.15, 0.2) is 194 Å². The first-order chi connectivity index (χ1) is 23.8. The monoisotopic (exact) mass is 615 g/mol. The molecule has 2 atom stereocenters. The summed E-state index contributed by atoms with van der Waals surface area (Å²) in [6, 6.07) is 60.6. The first-order valence-corrected chi connectivity index (χ1v) is 16.6. The number of allylic oxidation sites excluding steroid dienone is 1. The molecule has 0 saturated carbocycles. The molecule has 0 spiro atoms. The number of benzene rings is 7. The molecule has 2 heteroatoms. The molecule has 0 amide bonds. The van der Waals surface area contributed by atoms with Gasteiger partial charge in [0, 0.05) is 28.6 Å². The van der Waals surface area contributed by atoms with E-state index in [9.17, 15) is 0 Å². The smallest absolute Gasteiger partial charge is 0.128 e. The number of hydrogen-bond acceptors (Lipinski definition) is 2. The Morgan fingerprint density at radius 2 is 1.04 bits per heavy atom. The second-order valence-corrected chi connectivity index (χ2v) is 12.5. The molecule has 0 fully saturated rings. The van der Waals surface area contributed by atoms with E-state index in [1.54, 1.807) is 0 Å². The molecule has 2 nitrogen and oxygen atoms in total. The Hall–Kier alpha value is -6.12. The molecule has 2 unspecified atom stereocenters. The van der Waals surface area contributed by atoms with Gasteiger partial charge in [-0.2, -0.15) is 0 Å². The Morgan fingerprint density at radius 3 is 1.75 bits per heavy atom. The minimum absolute atomic E-state index is 0.0591. The van der Waals surface area contributed by atoms with Gasteiger partial charge in [-0.25, -0.2) is 0 Å². The van der Waals surface area contributed by atoms with Crippen LogP contribution in [0.5, 0.6) is 5.75 Å². The third-order valence-electron chi connectivity index (χ3n) is 9.59.